The van der Waals surface area contributed by atoms with Gasteiger partial charge in [0, 0.05) is 5.92 Å². The van der Waals surface area contributed by atoms with E-state index in [9.17, 15) is 0 Å². The van der Waals surface area contributed by atoms with Gasteiger partial charge in [-0.3, -0.25) is 0 Å². The van der Waals surface area contributed by atoms with Crippen molar-refractivity contribution < 1.29 is 4.43 Å². The van der Waals surface area contributed by atoms with Crippen molar-refractivity contribution >= 4 is 8.32 Å². The summed E-state index contributed by atoms with van der Waals surface area (Å²) in [6.07, 6.45) is 5.56. The van der Waals surface area contributed by atoms with Gasteiger partial charge >= 0.3 is 0 Å². The first kappa shape index (κ1) is 12.3. The predicted octanol–water partition coefficient (Wildman–Crippen LogP) is 4.26. The SMILES string of the molecule is C=C(C)[C@H]1C=C(O[Si](C)(C)C)C(C)=CC1. The van der Waals surface area contributed by atoms with Gasteiger partial charge in [0.1, 0.15) is 5.76 Å². The lowest BCUT2D eigenvalue weighted by molar-refractivity contribution is 0.421. The van der Waals surface area contributed by atoms with Crippen molar-refractivity contribution in [1.82, 2.24) is 0 Å². The van der Waals surface area contributed by atoms with Gasteiger partial charge in [0.05, 0.1) is 0 Å². The van der Waals surface area contributed by atoms with Crippen LogP contribution in [0.5, 0.6) is 0 Å². The first-order chi connectivity index (χ1) is 6.79. The van der Waals surface area contributed by atoms with Gasteiger partial charge in [-0.05, 0) is 51.6 Å². The Morgan fingerprint density at radius 2 is 2.07 bits per heavy atom. The van der Waals surface area contributed by atoms with E-state index in [4.69, 9.17) is 4.43 Å². The molecule has 84 valence electrons. The second-order valence-electron chi connectivity index (χ2n) is 5.32. The fraction of sp³-hybridized carbons (Fsp3) is 0.538. The molecule has 0 aliphatic heterocycles. The van der Waals surface area contributed by atoms with Crippen LogP contribution in [0.3, 0.4) is 0 Å². The lowest BCUT2D eigenvalue weighted by Crippen LogP contribution is -2.26. The maximum atomic E-state index is 6.06. The molecule has 0 unspecified atom stereocenters. The molecule has 2 heteroatoms. The minimum absolute atomic E-state index is 0.458. The third-order valence-electron chi connectivity index (χ3n) is 2.47. The van der Waals surface area contributed by atoms with Gasteiger partial charge in [0.25, 0.3) is 0 Å². The summed E-state index contributed by atoms with van der Waals surface area (Å²) in [5.41, 5.74) is 2.49. The molecule has 15 heavy (non-hydrogen) atoms. The normalized spacial score (nSPS) is 21.8. The van der Waals surface area contributed by atoms with Crippen LogP contribution in [0.15, 0.2) is 35.6 Å². The van der Waals surface area contributed by atoms with Crippen LogP contribution < -0.4 is 0 Å². The average Bonchev–Trinajstić information content (AvgIpc) is 2.06. The van der Waals surface area contributed by atoms with Crippen LogP contribution in [0.4, 0.5) is 0 Å². The Hall–Kier alpha value is -0.763. The number of rotatable bonds is 3. The van der Waals surface area contributed by atoms with Crippen LogP contribution >= 0.6 is 0 Å². The van der Waals surface area contributed by atoms with Crippen molar-refractivity contribution in [2.24, 2.45) is 5.92 Å². The lowest BCUT2D eigenvalue weighted by Gasteiger charge is -2.27. The minimum atomic E-state index is -1.49. The number of allylic oxidation sites excluding steroid dienone is 4. The Morgan fingerprint density at radius 1 is 1.47 bits per heavy atom. The molecule has 1 atom stereocenters. The predicted molar refractivity (Wildman–Crippen MR) is 69.2 cm³/mol. The summed E-state index contributed by atoms with van der Waals surface area (Å²) >= 11 is 0. The summed E-state index contributed by atoms with van der Waals surface area (Å²) in [5, 5.41) is 0. The Morgan fingerprint density at radius 3 is 2.53 bits per heavy atom. The largest absolute Gasteiger partial charge is 0.544 e. The van der Waals surface area contributed by atoms with Crippen molar-refractivity contribution in [3.05, 3.63) is 35.6 Å². The first-order valence-corrected chi connectivity index (χ1v) is 8.94. The van der Waals surface area contributed by atoms with Crippen LogP contribution in [-0.2, 0) is 4.43 Å². The summed E-state index contributed by atoms with van der Waals surface area (Å²) in [6, 6.07) is 0. The molecule has 0 radical (unpaired) electrons. The molecule has 0 fully saturated rings. The van der Waals surface area contributed by atoms with Gasteiger partial charge in [-0.2, -0.15) is 0 Å². The molecular weight excluding hydrogens is 200 g/mol. The fourth-order valence-corrected chi connectivity index (χ4v) is 2.46. The second kappa shape index (κ2) is 4.39. The molecule has 0 N–H and O–H groups in total. The smallest absolute Gasteiger partial charge is 0.242 e. The highest BCUT2D eigenvalue weighted by Crippen LogP contribution is 2.29. The summed E-state index contributed by atoms with van der Waals surface area (Å²) in [5.74, 6) is 1.54. The summed E-state index contributed by atoms with van der Waals surface area (Å²) < 4.78 is 6.06. The Balaban J connectivity index is 2.83. The molecule has 0 saturated carbocycles. The van der Waals surface area contributed by atoms with Crippen molar-refractivity contribution in [1.29, 1.82) is 0 Å². The quantitative estimate of drug-likeness (QED) is 0.512. The van der Waals surface area contributed by atoms with Crippen molar-refractivity contribution in [2.45, 2.75) is 39.9 Å². The van der Waals surface area contributed by atoms with E-state index in [1.807, 2.05) is 0 Å². The van der Waals surface area contributed by atoms with E-state index in [1.54, 1.807) is 0 Å². The van der Waals surface area contributed by atoms with Gasteiger partial charge in [0.15, 0.2) is 0 Å². The number of hydrogen-bond acceptors (Lipinski definition) is 1. The Kier molecular flexibility index (Phi) is 3.61. The summed E-state index contributed by atoms with van der Waals surface area (Å²) in [4.78, 5) is 0. The van der Waals surface area contributed by atoms with Crippen LogP contribution in [0.25, 0.3) is 0 Å². The third kappa shape index (κ3) is 3.71. The lowest BCUT2D eigenvalue weighted by atomic mass is 9.91. The van der Waals surface area contributed by atoms with E-state index in [2.05, 4.69) is 52.2 Å². The molecule has 1 rings (SSSR count). The van der Waals surface area contributed by atoms with Crippen LogP contribution in [0.1, 0.15) is 20.3 Å². The molecule has 0 aromatic carbocycles. The highest BCUT2D eigenvalue weighted by Gasteiger charge is 2.21. The van der Waals surface area contributed by atoms with E-state index in [-0.39, 0.29) is 0 Å². The van der Waals surface area contributed by atoms with Gasteiger partial charge in [-0.25, -0.2) is 0 Å². The van der Waals surface area contributed by atoms with Crippen LogP contribution in [-0.4, -0.2) is 8.32 Å². The molecule has 0 aromatic rings. The van der Waals surface area contributed by atoms with Crippen molar-refractivity contribution in [3.8, 4) is 0 Å². The molecule has 1 aliphatic rings. The molecule has 0 saturated heterocycles. The van der Waals surface area contributed by atoms with Gasteiger partial charge in [0.2, 0.25) is 8.32 Å². The van der Waals surface area contributed by atoms with Gasteiger partial charge in [-0.15, -0.1) is 0 Å². The fourth-order valence-electron chi connectivity index (χ4n) is 1.57. The maximum absolute atomic E-state index is 6.06. The zero-order valence-electron chi connectivity index (χ0n) is 10.6. The van der Waals surface area contributed by atoms with E-state index in [0.717, 1.165) is 12.2 Å². The molecule has 0 heterocycles. The van der Waals surface area contributed by atoms with Gasteiger partial charge in [-0.1, -0.05) is 18.2 Å². The third-order valence-corrected chi connectivity index (χ3v) is 3.30. The summed E-state index contributed by atoms with van der Waals surface area (Å²) in [7, 11) is -1.49. The molecule has 0 spiro atoms. The van der Waals surface area contributed by atoms with E-state index >= 15 is 0 Å². The molecule has 0 bridgehead atoms. The molecule has 0 aromatic heterocycles. The molecule has 1 aliphatic carbocycles. The topological polar surface area (TPSA) is 9.23 Å². The monoisotopic (exact) mass is 222 g/mol. The highest BCUT2D eigenvalue weighted by atomic mass is 28.4. The van der Waals surface area contributed by atoms with E-state index < -0.39 is 8.32 Å². The van der Waals surface area contributed by atoms with Crippen LogP contribution in [0, 0.1) is 5.92 Å². The highest BCUT2D eigenvalue weighted by molar-refractivity contribution is 6.70. The Bertz CT molecular complexity index is 318. The maximum Gasteiger partial charge on any atom is 0.242 e. The second-order valence-corrected chi connectivity index (χ2v) is 9.75. The molecule has 1 nitrogen and oxygen atoms in total. The average molecular weight is 222 g/mol. The zero-order chi connectivity index (χ0) is 11.6. The minimum Gasteiger partial charge on any atom is -0.544 e. The summed E-state index contributed by atoms with van der Waals surface area (Å²) in [6.45, 7) is 14.9. The standard InChI is InChI=1S/C13H22OSi/c1-10(2)12-8-7-11(3)13(9-12)14-15(4,5)6/h7,9,12H,1,8H2,2-6H3/t12-/m1/s1. The van der Waals surface area contributed by atoms with E-state index in [1.165, 1.54) is 11.1 Å². The molecule has 0 amide bonds. The number of hydrogen-bond donors (Lipinski definition) is 0. The van der Waals surface area contributed by atoms with E-state index in [0.29, 0.717) is 5.92 Å². The Labute approximate surface area is 94.7 Å². The van der Waals surface area contributed by atoms with Crippen molar-refractivity contribution in [2.75, 3.05) is 0 Å². The van der Waals surface area contributed by atoms with Crippen LogP contribution in [0.2, 0.25) is 19.6 Å². The zero-order valence-corrected chi connectivity index (χ0v) is 11.6. The first-order valence-electron chi connectivity index (χ1n) is 5.53. The van der Waals surface area contributed by atoms with Crippen molar-refractivity contribution in [3.63, 3.8) is 0 Å². The molecular formula is C13H22OSi. The van der Waals surface area contributed by atoms with Gasteiger partial charge < -0.3 is 4.43 Å².